The Kier molecular flexibility index (Phi) is 5.34. The van der Waals surface area contributed by atoms with Gasteiger partial charge in [-0.3, -0.25) is 9.36 Å². The van der Waals surface area contributed by atoms with Crippen molar-refractivity contribution >= 4 is 47.5 Å². The van der Waals surface area contributed by atoms with E-state index in [1.165, 1.54) is 17.0 Å². The van der Waals surface area contributed by atoms with Crippen LogP contribution in [-0.2, 0) is 0 Å². The molecule has 0 amide bonds. The molecule has 5 aromatic rings. The minimum Gasteiger partial charge on any atom is -0.346 e. The zero-order chi connectivity index (χ0) is 21.8. The van der Waals surface area contributed by atoms with Gasteiger partial charge in [0.25, 0.3) is 5.56 Å². The lowest BCUT2D eigenvalue weighted by molar-refractivity contribution is 0.600. The Morgan fingerprint density at radius 2 is 1.97 bits per heavy atom. The number of anilines is 1. The van der Waals surface area contributed by atoms with E-state index in [-0.39, 0.29) is 25.1 Å². The van der Waals surface area contributed by atoms with Crippen LogP contribution < -0.4 is 10.5 Å². The molecule has 0 spiro atoms. The van der Waals surface area contributed by atoms with Gasteiger partial charge in [-0.15, -0.1) is 0 Å². The first-order valence-electron chi connectivity index (χ1n) is 10.2. The van der Waals surface area contributed by atoms with Crippen LogP contribution in [0.2, 0.25) is 5.02 Å². The number of fused-ring (bicyclic) bond motifs is 2. The monoisotopic (exact) mass is 483 g/mol. The number of nitrogens with zero attached hydrogens (tertiary/aromatic N) is 6. The second kappa shape index (κ2) is 8.20. The van der Waals surface area contributed by atoms with Crippen molar-refractivity contribution in [3.8, 4) is 5.69 Å². The topological polar surface area (TPSA) is 84.1 Å². The van der Waals surface area contributed by atoms with Crippen LogP contribution in [0, 0.1) is 5.82 Å². The van der Waals surface area contributed by atoms with Gasteiger partial charge in [0.15, 0.2) is 11.6 Å². The largest absolute Gasteiger partial charge is 0.346 e. The quantitative estimate of drug-likeness (QED) is 0.419. The van der Waals surface area contributed by atoms with Gasteiger partial charge in [-0.2, -0.15) is 18.6 Å². The van der Waals surface area contributed by atoms with Crippen LogP contribution >= 0.6 is 25.1 Å². The van der Waals surface area contributed by atoms with Gasteiger partial charge in [-0.05, 0) is 31.0 Å². The fraction of sp³-hybridized carbons (Fsp3) is 0.182. The maximum atomic E-state index is 14.6. The van der Waals surface area contributed by atoms with Gasteiger partial charge in [-0.1, -0.05) is 29.8 Å². The van der Waals surface area contributed by atoms with Crippen molar-refractivity contribution in [1.29, 1.82) is 0 Å². The van der Waals surface area contributed by atoms with Gasteiger partial charge >= 0.3 is 0 Å². The SMILES string of the molecule is O=c1c2c(Cl)ccn2nc([C@@H]2CCCN2c2ncnc3[nH]cc(F)c23)n1-c1ccccc1.S. The smallest absolute Gasteiger partial charge is 0.284 e. The Bertz CT molecular complexity index is 1530. The molecule has 1 saturated heterocycles. The van der Waals surface area contributed by atoms with Crippen molar-refractivity contribution in [2.75, 3.05) is 11.4 Å². The van der Waals surface area contributed by atoms with E-state index in [9.17, 15) is 9.18 Å². The van der Waals surface area contributed by atoms with Crippen LogP contribution in [0.4, 0.5) is 10.2 Å². The van der Waals surface area contributed by atoms with Crippen LogP contribution in [0.25, 0.3) is 22.2 Å². The first kappa shape index (κ1) is 21.5. The summed E-state index contributed by atoms with van der Waals surface area (Å²) in [6, 6.07) is 10.7. The molecular weight excluding hydrogens is 465 g/mol. The molecule has 6 rings (SSSR count). The van der Waals surface area contributed by atoms with Crippen LogP contribution in [0.3, 0.4) is 0 Å². The molecular formula is C22H19ClFN7OS. The van der Waals surface area contributed by atoms with E-state index in [1.807, 2.05) is 35.2 Å². The van der Waals surface area contributed by atoms with Crippen molar-refractivity contribution in [3.63, 3.8) is 0 Å². The first-order chi connectivity index (χ1) is 15.6. The maximum absolute atomic E-state index is 14.6. The van der Waals surface area contributed by atoms with Gasteiger partial charge in [0.2, 0.25) is 0 Å². The lowest BCUT2D eigenvalue weighted by atomic mass is 10.2. The molecule has 1 aliphatic heterocycles. The van der Waals surface area contributed by atoms with Crippen molar-refractivity contribution in [3.05, 3.63) is 82.1 Å². The number of nitrogens with one attached hydrogen (secondary N) is 1. The number of H-pyrrole nitrogens is 1. The average Bonchev–Trinajstić information content (AvgIpc) is 3.53. The highest BCUT2D eigenvalue weighted by Crippen LogP contribution is 2.38. The van der Waals surface area contributed by atoms with Crippen molar-refractivity contribution < 1.29 is 4.39 Å². The fourth-order valence-electron chi connectivity index (χ4n) is 4.51. The minimum absolute atomic E-state index is 0. The van der Waals surface area contributed by atoms with Gasteiger partial charge in [0, 0.05) is 18.9 Å². The van der Waals surface area contributed by atoms with Crippen LogP contribution in [0.5, 0.6) is 0 Å². The lowest BCUT2D eigenvalue weighted by Crippen LogP contribution is -2.33. The second-order valence-corrected chi connectivity index (χ2v) is 8.11. The van der Waals surface area contributed by atoms with E-state index in [1.54, 1.807) is 16.8 Å². The highest BCUT2D eigenvalue weighted by atomic mass is 35.5. The molecule has 5 heterocycles. The number of aromatic nitrogens is 6. The molecule has 168 valence electrons. The maximum Gasteiger partial charge on any atom is 0.284 e. The summed E-state index contributed by atoms with van der Waals surface area (Å²) in [5.74, 6) is 0.610. The molecule has 0 radical (unpaired) electrons. The molecule has 1 aliphatic rings. The highest BCUT2D eigenvalue weighted by Gasteiger charge is 2.34. The third-order valence-corrected chi connectivity index (χ3v) is 6.21. The van der Waals surface area contributed by atoms with E-state index < -0.39 is 5.82 Å². The summed E-state index contributed by atoms with van der Waals surface area (Å²) in [6.07, 6.45) is 5.94. The number of halogens is 2. The summed E-state index contributed by atoms with van der Waals surface area (Å²) in [4.78, 5) is 26.9. The molecule has 33 heavy (non-hydrogen) atoms. The van der Waals surface area contributed by atoms with Gasteiger partial charge in [-0.25, -0.2) is 18.9 Å². The number of hydrogen-bond donors (Lipinski definition) is 1. The molecule has 1 N–H and O–H groups in total. The number of aromatic amines is 1. The molecule has 11 heteroatoms. The highest BCUT2D eigenvalue weighted by molar-refractivity contribution is 7.59. The lowest BCUT2D eigenvalue weighted by Gasteiger charge is -2.27. The minimum atomic E-state index is -0.415. The Balaban J connectivity index is 0.00000228. The molecule has 1 fully saturated rings. The number of benzene rings is 1. The van der Waals surface area contributed by atoms with Crippen LogP contribution in [0.15, 0.2) is 59.9 Å². The first-order valence-corrected chi connectivity index (χ1v) is 10.6. The molecule has 1 atom stereocenters. The van der Waals surface area contributed by atoms with Crippen molar-refractivity contribution in [1.82, 2.24) is 29.1 Å². The average molecular weight is 484 g/mol. The Hall–Kier alpha value is -3.37. The summed E-state index contributed by atoms with van der Waals surface area (Å²) in [6.45, 7) is 0.649. The van der Waals surface area contributed by atoms with Crippen molar-refractivity contribution in [2.24, 2.45) is 0 Å². The third-order valence-electron chi connectivity index (χ3n) is 5.90. The molecule has 4 aromatic heterocycles. The summed E-state index contributed by atoms with van der Waals surface area (Å²) < 4.78 is 17.7. The third kappa shape index (κ3) is 3.28. The fourth-order valence-corrected chi connectivity index (χ4v) is 4.73. The van der Waals surface area contributed by atoms with Gasteiger partial charge in [0.1, 0.15) is 23.3 Å². The Morgan fingerprint density at radius 1 is 1.15 bits per heavy atom. The van der Waals surface area contributed by atoms with E-state index in [4.69, 9.17) is 16.7 Å². The molecule has 1 aromatic carbocycles. The molecule has 0 bridgehead atoms. The summed E-state index contributed by atoms with van der Waals surface area (Å²) in [7, 11) is 0. The summed E-state index contributed by atoms with van der Waals surface area (Å²) in [5, 5.41) is 5.46. The van der Waals surface area contributed by atoms with E-state index in [0.717, 1.165) is 12.8 Å². The zero-order valence-corrected chi connectivity index (χ0v) is 19.0. The molecule has 0 saturated carbocycles. The second-order valence-electron chi connectivity index (χ2n) is 7.70. The zero-order valence-electron chi connectivity index (χ0n) is 17.2. The number of hydrogen-bond acceptors (Lipinski definition) is 5. The van der Waals surface area contributed by atoms with E-state index >= 15 is 0 Å². The van der Waals surface area contributed by atoms with Crippen molar-refractivity contribution in [2.45, 2.75) is 18.9 Å². The van der Waals surface area contributed by atoms with E-state index in [0.29, 0.717) is 45.4 Å². The molecule has 8 nitrogen and oxygen atoms in total. The summed E-state index contributed by atoms with van der Waals surface area (Å²) in [5.41, 5.74) is 1.17. The number of rotatable bonds is 3. The predicted octanol–water partition coefficient (Wildman–Crippen LogP) is 4.00. The Morgan fingerprint density at radius 3 is 2.79 bits per heavy atom. The Labute approximate surface area is 199 Å². The van der Waals surface area contributed by atoms with Crippen LogP contribution in [-0.4, -0.2) is 35.7 Å². The number of para-hydroxylation sites is 1. The van der Waals surface area contributed by atoms with E-state index in [2.05, 4.69) is 15.0 Å². The van der Waals surface area contributed by atoms with Crippen LogP contribution in [0.1, 0.15) is 24.7 Å². The molecule has 0 unspecified atom stereocenters. The standard InChI is InChI=1S/C22H17ClFN7O.H2S/c23-14-8-10-30-18(14)22(32)31(13-5-2-1-3-6-13)20(28-30)16-7-4-9-29(16)21-17-15(24)11-25-19(17)26-12-27-21;/h1-3,5-6,8,10-12,16H,4,7,9H2,(H,25,26,27);1H2/t16-;/m0./s1. The predicted molar refractivity (Wildman–Crippen MR) is 129 cm³/mol. The van der Waals surface area contributed by atoms with Gasteiger partial charge < -0.3 is 9.88 Å². The summed E-state index contributed by atoms with van der Waals surface area (Å²) >= 11 is 6.30. The van der Waals surface area contributed by atoms with Gasteiger partial charge in [0.05, 0.1) is 22.1 Å². The molecule has 0 aliphatic carbocycles. The normalized spacial score (nSPS) is 15.9.